The molecule has 1 fully saturated rings. The van der Waals surface area contributed by atoms with Crippen LogP contribution in [0.25, 0.3) is 0 Å². The number of hydrogen-bond acceptors (Lipinski definition) is 6. The third-order valence-corrected chi connectivity index (χ3v) is 2.38. The Morgan fingerprint density at radius 3 is 2.74 bits per heavy atom. The molecule has 2 heterocycles. The summed E-state index contributed by atoms with van der Waals surface area (Å²) in [5.41, 5.74) is -0.0941. The molecular weight excluding hydrogens is 254 g/mol. The van der Waals surface area contributed by atoms with Gasteiger partial charge in [-0.3, -0.25) is 20.2 Å². The molecule has 3 amide bonds. The van der Waals surface area contributed by atoms with Crippen molar-refractivity contribution in [1.82, 2.24) is 15.2 Å². The van der Waals surface area contributed by atoms with Crippen molar-refractivity contribution in [1.29, 1.82) is 0 Å². The summed E-state index contributed by atoms with van der Waals surface area (Å²) >= 11 is 0. The molecule has 0 aromatic carbocycles. The van der Waals surface area contributed by atoms with Crippen LogP contribution in [-0.4, -0.2) is 39.8 Å². The lowest BCUT2D eigenvalue weighted by atomic mass is 10.4. The first kappa shape index (κ1) is 12.7. The molecule has 1 aliphatic rings. The Labute approximate surface area is 107 Å². The van der Waals surface area contributed by atoms with Crippen molar-refractivity contribution in [3.8, 4) is 0 Å². The summed E-state index contributed by atoms with van der Waals surface area (Å²) in [5, 5.41) is 15.4. The van der Waals surface area contributed by atoms with Crippen molar-refractivity contribution in [2.24, 2.45) is 0 Å². The zero-order valence-corrected chi connectivity index (χ0v) is 9.70. The first-order chi connectivity index (χ1) is 9.06. The Kier molecular flexibility index (Phi) is 3.55. The Morgan fingerprint density at radius 1 is 1.42 bits per heavy atom. The SMILES string of the molecule is O=C1[CH]N(CCNc2ccc([N+](=O)[O-])cn2)C(=O)N1. The molecule has 1 aromatic rings. The van der Waals surface area contributed by atoms with Crippen molar-refractivity contribution in [3.63, 3.8) is 0 Å². The van der Waals surface area contributed by atoms with E-state index >= 15 is 0 Å². The van der Waals surface area contributed by atoms with Crippen LogP contribution in [0.5, 0.6) is 0 Å². The summed E-state index contributed by atoms with van der Waals surface area (Å²) in [6.07, 6.45) is 1.14. The van der Waals surface area contributed by atoms with Crippen LogP contribution in [0.3, 0.4) is 0 Å². The van der Waals surface area contributed by atoms with Gasteiger partial charge in [0.2, 0.25) is 0 Å². The highest BCUT2D eigenvalue weighted by Gasteiger charge is 2.26. The summed E-state index contributed by atoms with van der Waals surface area (Å²) in [5.74, 6) is 0.00925. The fourth-order valence-corrected chi connectivity index (χ4v) is 1.48. The van der Waals surface area contributed by atoms with Crippen molar-refractivity contribution in [2.45, 2.75) is 0 Å². The normalized spacial score (nSPS) is 14.4. The van der Waals surface area contributed by atoms with Crippen LogP contribution in [0.15, 0.2) is 18.3 Å². The number of nitrogens with one attached hydrogen (secondary N) is 2. The highest BCUT2D eigenvalue weighted by molar-refractivity contribution is 6.05. The standard InChI is InChI=1S/C10H10N5O4/c16-9-6-14(10(17)13-9)4-3-11-8-2-1-7(5-12-8)15(18)19/h1-2,5-6H,3-4H2,(H,11,12)(H,13,16,17). The minimum Gasteiger partial charge on any atom is -0.368 e. The van der Waals surface area contributed by atoms with Crippen LogP contribution < -0.4 is 10.6 Å². The molecule has 19 heavy (non-hydrogen) atoms. The van der Waals surface area contributed by atoms with Crippen LogP contribution in [0.2, 0.25) is 0 Å². The van der Waals surface area contributed by atoms with Gasteiger partial charge in [0, 0.05) is 19.2 Å². The number of carbonyl (C=O) groups excluding carboxylic acids is 2. The average molecular weight is 264 g/mol. The highest BCUT2D eigenvalue weighted by Crippen LogP contribution is 2.11. The molecule has 2 N–H and O–H groups in total. The minimum atomic E-state index is -0.536. The summed E-state index contributed by atoms with van der Waals surface area (Å²) in [6.45, 7) is 1.82. The monoisotopic (exact) mass is 264 g/mol. The Bertz CT molecular complexity index is 515. The maximum absolute atomic E-state index is 11.2. The molecule has 0 unspecified atom stereocenters. The van der Waals surface area contributed by atoms with Gasteiger partial charge in [-0.1, -0.05) is 0 Å². The number of nitro groups is 1. The second-order valence-corrected chi connectivity index (χ2v) is 3.70. The van der Waals surface area contributed by atoms with Gasteiger partial charge in [-0.2, -0.15) is 0 Å². The van der Waals surface area contributed by atoms with Gasteiger partial charge in [-0.25, -0.2) is 9.78 Å². The molecule has 0 atom stereocenters. The largest absolute Gasteiger partial charge is 0.368 e. The van der Waals surface area contributed by atoms with E-state index in [9.17, 15) is 19.7 Å². The molecule has 0 saturated carbocycles. The Morgan fingerprint density at radius 2 is 2.21 bits per heavy atom. The molecule has 9 nitrogen and oxygen atoms in total. The zero-order valence-electron chi connectivity index (χ0n) is 9.70. The van der Waals surface area contributed by atoms with E-state index in [-0.39, 0.29) is 12.2 Å². The molecule has 99 valence electrons. The summed E-state index contributed by atoms with van der Waals surface area (Å²) in [4.78, 5) is 37.0. The number of nitrogens with zero attached hydrogens (tertiary/aromatic N) is 3. The first-order valence-corrected chi connectivity index (χ1v) is 5.37. The lowest BCUT2D eigenvalue weighted by Gasteiger charge is -2.12. The maximum Gasteiger partial charge on any atom is 0.324 e. The smallest absolute Gasteiger partial charge is 0.324 e. The zero-order chi connectivity index (χ0) is 13.8. The van der Waals surface area contributed by atoms with E-state index in [0.29, 0.717) is 12.4 Å². The van der Waals surface area contributed by atoms with Crippen LogP contribution in [0.4, 0.5) is 16.3 Å². The first-order valence-electron chi connectivity index (χ1n) is 5.37. The van der Waals surface area contributed by atoms with Gasteiger partial charge in [-0.15, -0.1) is 0 Å². The highest BCUT2D eigenvalue weighted by atomic mass is 16.6. The van der Waals surface area contributed by atoms with E-state index in [1.165, 1.54) is 23.6 Å². The topological polar surface area (TPSA) is 117 Å². The Balaban J connectivity index is 1.81. The second-order valence-electron chi connectivity index (χ2n) is 3.70. The van der Waals surface area contributed by atoms with Crippen molar-refractivity contribution < 1.29 is 14.5 Å². The third-order valence-electron chi connectivity index (χ3n) is 2.38. The van der Waals surface area contributed by atoms with E-state index in [1.807, 2.05) is 0 Å². The summed E-state index contributed by atoms with van der Waals surface area (Å²) < 4.78 is 0. The molecule has 1 aromatic heterocycles. The third kappa shape index (κ3) is 3.15. The van der Waals surface area contributed by atoms with E-state index in [4.69, 9.17) is 0 Å². The fraction of sp³-hybridized carbons (Fsp3) is 0.200. The molecule has 9 heteroatoms. The van der Waals surface area contributed by atoms with Gasteiger partial charge in [-0.05, 0) is 6.07 Å². The van der Waals surface area contributed by atoms with Gasteiger partial charge >= 0.3 is 6.03 Å². The Hall–Kier alpha value is -2.71. The second kappa shape index (κ2) is 5.29. The molecule has 0 bridgehead atoms. The quantitative estimate of drug-likeness (QED) is 0.443. The number of aromatic nitrogens is 1. The fourth-order valence-electron chi connectivity index (χ4n) is 1.48. The van der Waals surface area contributed by atoms with E-state index in [0.717, 1.165) is 6.20 Å². The van der Waals surface area contributed by atoms with Crippen LogP contribution in [-0.2, 0) is 4.79 Å². The van der Waals surface area contributed by atoms with Crippen LogP contribution in [0, 0.1) is 16.7 Å². The maximum atomic E-state index is 11.2. The van der Waals surface area contributed by atoms with Crippen molar-refractivity contribution in [2.75, 3.05) is 18.4 Å². The molecular formula is C10H10N5O4. The van der Waals surface area contributed by atoms with Gasteiger partial charge in [0.25, 0.3) is 11.6 Å². The van der Waals surface area contributed by atoms with Gasteiger partial charge in [0.15, 0.2) is 0 Å². The number of hydrogen-bond donors (Lipinski definition) is 2. The molecule has 1 radical (unpaired) electrons. The number of urea groups is 1. The van der Waals surface area contributed by atoms with E-state index in [2.05, 4.69) is 15.6 Å². The van der Waals surface area contributed by atoms with Gasteiger partial charge < -0.3 is 10.2 Å². The molecule has 0 aliphatic carbocycles. The average Bonchev–Trinajstić information content (AvgIpc) is 2.68. The van der Waals surface area contributed by atoms with E-state index in [1.54, 1.807) is 0 Å². The van der Waals surface area contributed by atoms with Crippen molar-refractivity contribution >= 4 is 23.4 Å². The molecule has 2 rings (SSSR count). The summed E-state index contributed by atoms with van der Waals surface area (Å²) in [6, 6.07) is 2.33. The number of amides is 3. The van der Waals surface area contributed by atoms with Gasteiger partial charge in [0.05, 0.1) is 4.92 Å². The predicted molar refractivity (Wildman–Crippen MR) is 63.9 cm³/mol. The predicted octanol–water partition coefficient (Wildman–Crippen LogP) is 0.115. The van der Waals surface area contributed by atoms with Crippen LogP contribution in [0.1, 0.15) is 0 Å². The lowest BCUT2D eigenvalue weighted by molar-refractivity contribution is -0.385. The van der Waals surface area contributed by atoms with E-state index < -0.39 is 16.9 Å². The van der Waals surface area contributed by atoms with Crippen molar-refractivity contribution in [3.05, 3.63) is 35.0 Å². The van der Waals surface area contributed by atoms with Crippen LogP contribution >= 0.6 is 0 Å². The number of carbonyl (C=O) groups is 2. The molecule has 1 saturated heterocycles. The number of rotatable bonds is 5. The van der Waals surface area contributed by atoms with Gasteiger partial charge in [0.1, 0.15) is 18.6 Å². The number of anilines is 1. The summed E-state index contributed by atoms with van der Waals surface area (Å²) in [7, 11) is 0. The molecule has 1 aliphatic heterocycles. The number of imide groups is 1. The molecule has 0 spiro atoms. The number of pyridine rings is 1. The lowest BCUT2D eigenvalue weighted by Crippen LogP contribution is -2.31. The minimum absolute atomic E-state index is 0.0941.